The number of nitrogens with two attached hydrogens (primary N) is 2. The molecular weight excluding hydrogens is 334 g/mol. The number of carbonyl (C=O) groups is 1. The summed E-state index contributed by atoms with van der Waals surface area (Å²) in [6, 6.07) is 5.38. The van der Waals surface area contributed by atoms with Gasteiger partial charge in [0.1, 0.15) is 17.3 Å². The molecule has 0 radical (unpaired) electrons. The Balaban J connectivity index is 1.97. The summed E-state index contributed by atoms with van der Waals surface area (Å²) in [5.74, 6) is 0.139. The first-order valence-corrected chi connectivity index (χ1v) is 8.30. The largest absolute Gasteiger partial charge is 0.404 e. The molecule has 2 aromatic heterocycles. The highest BCUT2D eigenvalue weighted by Gasteiger charge is 2.21. The van der Waals surface area contributed by atoms with Crippen LogP contribution in [0.15, 0.2) is 35.4 Å². The molecular formula is C17H21N7O2. The van der Waals surface area contributed by atoms with Crippen LogP contribution in [0, 0.1) is 0 Å². The summed E-state index contributed by atoms with van der Waals surface area (Å²) in [4.78, 5) is 32.6. The summed E-state index contributed by atoms with van der Waals surface area (Å²) < 4.78 is 1.74. The minimum atomic E-state index is -0.737. The zero-order chi connectivity index (χ0) is 18.7. The van der Waals surface area contributed by atoms with Crippen molar-refractivity contribution >= 4 is 28.8 Å². The molecule has 0 aliphatic heterocycles. The van der Waals surface area contributed by atoms with Gasteiger partial charge in [0.05, 0.1) is 5.57 Å². The molecule has 0 atom stereocenters. The van der Waals surface area contributed by atoms with Gasteiger partial charge in [0.2, 0.25) is 0 Å². The maximum atomic E-state index is 12.7. The first kappa shape index (κ1) is 17.5. The van der Waals surface area contributed by atoms with E-state index in [-0.39, 0.29) is 23.0 Å². The van der Waals surface area contributed by atoms with Crippen molar-refractivity contribution in [3.05, 3.63) is 46.8 Å². The SMILES string of the molecule is CNc1cc(Nc2cccn(C3CCC3)c2=O)nc(/C(=C\N)C(N)=O)n1. The Kier molecular flexibility index (Phi) is 4.87. The van der Waals surface area contributed by atoms with Gasteiger partial charge in [-0.15, -0.1) is 0 Å². The Bertz CT molecular complexity index is 916. The van der Waals surface area contributed by atoms with Gasteiger partial charge in [-0.3, -0.25) is 9.59 Å². The highest BCUT2D eigenvalue weighted by atomic mass is 16.1. The number of carbonyl (C=O) groups excluding carboxylic acids is 1. The van der Waals surface area contributed by atoms with Crippen LogP contribution in [0.4, 0.5) is 17.3 Å². The third kappa shape index (κ3) is 3.37. The van der Waals surface area contributed by atoms with Crippen molar-refractivity contribution in [3.8, 4) is 0 Å². The van der Waals surface area contributed by atoms with Crippen LogP contribution >= 0.6 is 0 Å². The van der Waals surface area contributed by atoms with E-state index in [1.807, 2.05) is 6.07 Å². The van der Waals surface area contributed by atoms with Crippen molar-refractivity contribution in [3.63, 3.8) is 0 Å². The van der Waals surface area contributed by atoms with Gasteiger partial charge in [-0.1, -0.05) is 0 Å². The maximum absolute atomic E-state index is 12.7. The standard InChI is InChI=1S/C17H21N7O2/c1-20-13-8-14(23-16(22-13)11(9-18)15(19)25)21-12-6-3-7-24(17(12)26)10-4-2-5-10/h3,6-10H,2,4-5,18H2,1H3,(H2,19,25)(H2,20,21,22,23)/b11-9-. The zero-order valence-electron chi connectivity index (χ0n) is 14.4. The average molecular weight is 355 g/mol. The quantitative estimate of drug-likeness (QED) is 0.565. The monoisotopic (exact) mass is 355 g/mol. The predicted molar refractivity (Wildman–Crippen MR) is 99.8 cm³/mol. The molecule has 0 spiro atoms. The number of pyridine rings is 1. The summed E-state index contributed by atoms with van der Waals surface area (Å²) in [6.45, 7) is 0. The number of nitrogens with one attached hydrogen (secondary N) is 2. The molecule has 26 heavy (non-hydrogen) atoms. The van der Waals surface area contributed by atoms with Crippen molar-refractivity contribution in [1.29, 1.82) is 0 Å². The van der Waals surface area contributed by atoms with Crippen LogP contribution in [-0.2, 0) is 4.79 Å². The molecule has 1 aliphatic rings. The molecule has 0 unspecified atom stereocenters. The topological polar surface area (TPSA) is 141 Å². The summed E-state index contributed by atoms with van der Waals surface area (Å²) in [7, 11) is 1.68. The van der Waals surface area contributed by atoms with Gasteiger partial charge in [-0.25, -0.2) is 9.97 Å². The molecule has 1 fully saturated rings. The van der Waals surface area contributed by atoms with Gasteiger partial charge in [0.15, 0.2) is 5.82 Å². The van der Waals surface area contributed by atoms with Crippen molar-refractivity contribution in [2.45, 2.75) is 25.3 Å². The van der Waals surface area contributed by atoms with Crippen molar-refractivity contribution in [2.75, 3.05) is 17.7 Å². The Hall–Kier alpha value is -3.36. The second kappa shape index (κ2) is 7.26. The van der Waals surface area contributed by atoms with E-state index < -0.39 is 5.91 Å². The predicted octanol–water partition coefficient (Wildman–Crippen LogP) is 0.934. The molecule has 0 bridgehead atoms. The minimum absolute atomic E-state index is 0.00918. The fourth-order valence-corrected chi connectivity index (χ4v) is 2.72. The van der Waals surface area contributed by atoms with E-state index >= 15 is 0 Å². The van der Waals surface area contributed by atoms with Crippen LogP contribution in [0.3, 0.4) is 0 Å². The fourth-order valence-electron chi connectivity index (χ4n) is 2.72. The van der Waals surface area contributed by atoms with Crippen LogP contribution < -0.4 is 27.7 Å². The Morgan fingerprint density at radius 1 is 1.35 bits per heavy atom. The van der Waals surface area contributed by atoms with Crippen LogP contribution in [0.1, 0.15) is 31.1 Å². The molecule has 2 aromatic rings. The average Bonchev–Trinajstić information content (AvgIpc) is 2.57. The van der Waals surface area contributed by atoms with Gasteiger partial charge < -0.3 is 26.7 Å². The first-order chi connectivity index (χ1) is 12.5. The van der Waals surface area contributed by atoms with E-state index in [1.54, 1.807) is 29.9 Å². The molecule has 0 saturated heterocycles. The number of rotatable bonds is 6. The highest BCUT2D eigenvalue weighted by molar-refractivity contribution is 6.17. The van der Waals surface area contributed by atoms with Gasteiger partial charge >= 0.3 is 0 Å². The summed E-state index contributed by atoms with van der Waals surface area (Å²) in [6.07, 6.45) is 6.01. The summed E-state index contributed by atoms with van der Waals surface area (Å²) >= 11 is 0. The zero-order valence-corrected chi connectivity index (χ0v) is 14.4. The molecule has 1 aliphatic carbocycles. The van der Waals surface area contributed by atoms with Crippen LogP contribution in [-0.4, -0.2) is 27.5 Å². The lowest BCUT2D eigenvalue weighted by Crippen LogP contribution is -2.29. The number of anilines is 3. The smallest absolute Gasteiger partial charge is 0.274 e. The lowest BCUT2D eigenvalue weighted by molar-refractivity contribution is -0.112. The molecule has 136 valence electrons. The molecule has 1 amide bonds. The molecule has 3 rings (SSSR count). The number of nitrogens with zero attached hydrogens (tertiary/aromatic N) is 3. The van der Waals surface area contributed by atoms with E-state index in [4.69, 9.17) is 11.5 Å². The van der Waals surface area contributed by atoms with Crippen molar-refractivity contribution < 1.29 is 4.79 Å². The number of primary amides is 1. The Morgan fingerprint density at radius 2 is 2.08 bits per heavy atom. The first-order valence-electron chi connectivity index (χ1n) is 8.30. The van der Waals surface area contributed by atoms with E-state index in [0.717, 1.165) is 25.5 Å². The van der Waals surface area contributed by atoms with Gasteiger partial charge in [0, 0.05) is 31.6 Å². The van der Waals surface area contributed by atoms with E-state index in [0.29, 0.717) is 17.3 Å². The number of amides is 1. The summed E-state index contributed by atoms with van der Waals surface area (Å²) in [5, 5.41) is 5.88. The van der Waals surface area contributed by atoms with Gasteiger partial charge in [-0.2, -0.15) is 0 Å². The second-order valence-electron chi connectivity index (χ2n) is 6.00. The fraction of sp³-hybridized carbons (Fsp3) is 0.294. The normalized spacial score (nSPS) is 14.6. The molecule has 1 saturated carbocycles. The van der Waals surface area contributed by atoms with Gasteiger partial charge in [-0.05, 0) is 31.4 Å². The van der Waals surface area contributed by atoms with E-state index in [2.05, 4.69) is 20.6 Å². The molecule has 2 heterocycles. The highest BCUT2D eigenvalue weighted by Crippen LogP contribution is 2.30. The number of hydrogen-bond donors (Lipinski definition) is 4. The summed E-state index contributed by atoms with van der Waals surface area (Å²) in [5.41, 5.74) is 11.0. The molecule has 9 heteroatoms. The van der Waals surface area contributed by atoms with E-state index in [1.165, 1.54) is 0 Å². The van der Waals surface area contributed by atoms with Crippen molar-refractivity contribution in [2.24, 2.45) is 11.5 Å². The Labute approximate surface area is 150 Å². The van der Waals surface area contributed by atoms with Crippen molar-refractivity contribution in [1.82, 2.24) is 14.5 Å². The Morgan fingerprint density at radius 3 is 2.65 bits per heavy atom. The van der Waals surface area contributed by atoms with Crippen LogP contribution in [0.2, 0.25) is 0 Å². The third-order valence-electron chi connectivity index (χ3n) is 4.36. The van der Waals surface area contributed by atoms with Crippen LogP contribution in [0.25, 0.3) is 5.57 Å². The lowest BCUT2D eigenvalue weighted by atomic mass is 9.93. The molecule has 6 N–H and O–H groups in total. The number of aromatic nitrogens is 3. The van der Waals surface area contributed by atoms with Crippen LogP contribution in [0.5, 0.6) is 0 Å². The van der Waals surface area contributed by atoms with Gasteiger partial charge in [0.25, 0.3) is 11.5 Å². The third-order valence-corrected chi connectivity index (χ3v) is 4.36. The second-order valence-corrected chi connectivity index (χ2v) is 6.00. The van der Waals surface area contributed by atoms with E-state index in [9.17, 15) is 9.59 Å². The lowest BCUT2D eigenvalue weighted by Gasteiger charge is -2.27. The molecule has 9 nitrogen and oxygen atoms in total. The number of hydrogen-bond acceptors (Lipinski definition) is 7. The maximum Gasteiger partial charge on any atom is 0.274 e. The minimum Gasteiger partial charge on any atom is -0.404 e. The molecule has 0 aromatic carbocycles.